The number of hydrogen-bond acceptors (Lipinski definition) is 2. The van der Waals surface area contributed by atoms with Crippen LogP contribution < -0.4 is 0 Å². The zero-order valence-corrected chi connectivity index (χ0v) is 15.2. The van der Waals surface area contributed by atoms with Crippen LogP contribution in [0.1, 0.15) is 72.1 Å². The number of aliphatic hydroxyl groups is 1. The van der Waals surface area contributed by atoms with Crippen LogP contribution in [0.2, 0.25) is 0 Å². The van der Waals surface area contributed by atoms with Crippen molar-refractivity contribution in [3.63, 3.8) is 0 Å². The Morgan fingerprint density at radius 3 is 2.39 bits per heavy atom. The third-order valence-corrected chi connectivity index (χ3v) is 9.77. The van der Waals surface area contributed by atoms with Crippen LogP contribution >= 0.6 is 0 Å². The van der Waals surface area contributed by atoms with Crippen LogP contribution in [0.3, 0.4) is 0 Å². The van der Waals surface area contributed by atoms with Crippen LogP contribution in [0.4, 0.5) is 0 Å². The zero-order valence-electron chi connectivity index (χ0n) is 15.2. The summed E-state index contributed by atoms with van der Waals surface area (Å²) < 4.78 is 5.95. The Balaban J connectivity index is 1.45. The number of aliphatic hydroxyl groups excluding tert-OH is 1. The van der Waals surface area contributed by atoms with E-state index in [1.807, 2.05) is 0 Å². The molecule has 2 heteroatoms. The fourth-order valence-electron chi connectivity index (χ4n) is 8.12. The molecule has 130 valence electrons. The van der Waals surface area contributed by atoms with Gasteiger partial charge in [0.15, 0.2) is 0 Å². The molecule has 0 aromatic rings. The number of rotatable bonds is 0. The van der Waals surface area contributed by atoms with Gasteiger partial charge < -0.3 is 9.84 Å². The lowest BCUT2D eigenvalue weighted by molar-refractivity contribution is -0.138. The van der Waals surface area contributed by atoms with E-state index >= 15 is 0 Å². The van der Waals surface area contributed by atoms with Crippen molar-refractivity contribution in [3.05, 3.63) is 0 Å². The fraction of sp³-hybridized carbons (Fsp3) is 1.00. The molecular formula is C21H34O2. The third kappa shape index (κ3) is 1.83. The van der Waals surface area contributed by atoms with Gasteiger partial charge in [-0.05, 0) is 91.8 Å². The van der Waals surface area contributed by atoms with Crippen molar-refractivity contribution in [3.8, 4) is 0 Å². The molecule has 0 bridgehead atoms. The molecule has 0 aromatic carbocycles. The highest BCUT2D eigenvalue weighted by Crippen LogP contribution is 2.68. The highest BCUT2D eigenvalue weighted by atomic mass is 16.6. The molecule has 5 fully saturated rings. The second-order valence-electron chi connectivity index (χ2n) is 10.5. The van der Waals surface area contributed by atoms with E-state index in [0.29, 0.717) is 5.41 Å². The highest BCUT2D eigenvalue weighted by Gasteiger charge is 2.65. The maximum Gasteiger partial charge on any atom is 0.0944 e. The van der Waals surface area contributed by atoms with Gasteiger partial charge in [0.2, 0.25) is 0 Å². The third-order valence-electron chi connectivity index (χ3n) is 9.77. The average molecular weight is 319 g/mol. The summed E-state index contributed by atoms with van der Waals surface area (Å²) >= 11 is 0. The average Bonchev–Trinajstić information content (AvgIpc) is 3.22. The molecule has 23 heavy (non-hydrogen) atoms. The van der Waals surface area contributed by atoms with E-state index in [1.165, 1.54) is 44.9 Å². The molecule has 1 spiro atoms. The van der Waals surface area contributed by atoms with Crippen LogP contribution in [0, 0.1) is 40.4 Å². The molecule has 1 saturated heterocycles. The van der Waals surface area contributed by atoms with Gasteiger partial charge in [0, 0.05) is 0 Å². The number of fused-ring (bicyclic) bond motifs is 5. The van der Waals surface area contributed by atoms with E-state index in [9.17, 15) is 5.11 Å². The molecule has 1 aliphatic heterocycles. The normalized spacial score (nSPS) is 64.2. The summed E-state index contributed by atoms with van der Waals surface area (Å²) in [5, 5.41) is 10.6. The molecule has 4 aliphatic carbocycles. The summed E-state index contributed by atoms with van der Waals surface area (Å²) in [7, 11) is 0. The molecule has 0 radical (unpaired) electrons. The molecule has 1 heterocycles. The van der Waals surface area contributed by atoms with E-state index in [-0.39, 0.29) is 17.1 Å². The summed E-state index contributed by atoms with van der Waals surface area (Å²) in [5.74, 6) is 4.21. The second-order valence-corrected chi connectivity index (χ2v) is 10.5. The van der Waals surface area contributed by atoms with Gasteiger partial charge in [0.25, 0.3) is 0 Å². The first-order valence-corrected chi connectivity index (χ1v) is 10.2. The van der Waals surface area contributed by atoms with Gasteiger partial charge in [-0.1, -0.05) is 20.8 Å². The Morgan fingerprint density at radius 2 is 1.65 bits per heavy atom. The van der Waals surface area contributed by atoms with Crippen molar-refractivity contribution in [2.75, 3.05) is 6.61 Å². The minimum absolute atomic E-state index is 0.0348. The Morgan fingerprint density at radius 1 is 0.913 bits per heavy atom. The monoisotopic (exact) mass is 318 g/mol. The van der Waals surface area contributed by atoms with Crippen LogP contribution in [0.15, 0.2) is 0 Å². The van der Waals surface area contributed by atoms with Crippen molar-refractivity contribution in [1.82, 2.24) is 0 Å². The van der Waals surface area contributed by atoms with E-state index in [4.69, 9.17) is 4.74 Å². The molecule has 5 rings (SSSR count). The van der Waals surface area contributed by atoms with Gasteiger partial charge in [-0.2, -0.15) is 0 Å². The SMILES string of the molecule is C[C@@H]1C[C@]2(C)C3CC[C@@]4(C)C(CC[C@@H]4O)C3CC[C@H]2C[C@]12CO2. The van der Waals surface area contributed by atoms with Gasteiger partial charge in [0.1, 0.15) is 0 Å². The molecular weight excluding hydrogens is 284 g/mol. The molecule has 4 saturated carbocycles. The lowest BCUT2D eigenvalue weighted by Crippen LogP contribution is -2.56. The Labute approximate surface area is 141 Å². The van der Waals surface area contributed by atoms with Crippen molar-refractivity contribution in [2.24, 2.45) is 40.4 Å². The number of ether oxygens (including phenoxy) is 1. The standard InChI is InChI=1S/C21H34O2/c1-13-10-20(3)14(11-21(13)12-23-21)4-5-15-16-6-7-18(22)19(16,2)9-8-17(15)20/h13-18,22H,4-12H2,1-3H3/t13-,14+,15?,16?,17?,18+,19+,20+,21+/m1/s1. The quantitative estimate of drug-likeness (QED) is 0.671. The van der Waals surface area contributed by atoms with Gasteiger partial charge in [0.05, 0.1) is 18.3 Å². The van der Waals surface area contributed by atoms with Crippen molar-refractivity contribution in [1.29, 1.82) is 0 Å². The summed E-state index contributed by atoms with van der Waals surface area (Å²) in [4.78, 5) is 0. The first-order valence-electron chi connectivity index (χ1n) is 10.2. The molecule has 0 aromatic heterocycles. The molecule has 3 unspecified atom stereocenters. The van der Waals surface area contributed by atoms with Gasteiger partial charge in [-0.3, -0.25) is 0 Å². The minimum atomic E-state index is -0.0348. The zero-order chi connectivity index (χ0) is 16.0. The largest absolute Gasteiger partial charge is 0.393 e. The Kier molecular flexibility index (Phi) is 3.01. The van der Waals surface area contributed by atoms with Crippen LogP contribution in [-0.4, -0.2) is 23.4 Å². The number of hydrogen-bond donors (Lipinski definition) is 1. The molecule has 1 N–H and O–H groups in total. The molecule has 5 aliphatic rings. The van der Waals surface area contributed by atoms with Gasteiger partial charge in [-0.15, -0.1) is 0 Å². The second kappa shape index (κ2) is 4.55. The molecule has 0 amide bonds. The lowest BCUT2D eigenvalue weighted by Gasteiger charge is -2.61. The van der Waals surface area contributed by atoms with Gasteiger partial charge in [-0.25, -0.2) is 0 Å². The Bertz CT molecular complexity index is 512. The number of epoxide rings is 1. The van der Waals surface area contributed by atoms with Crippen molar-refractivity contribution >= 4 is 0 Å². The topological polar surface area (TPSA) is 32.8 Å². The smallest absolute Gasteiger partial charge is 0.0944 e. The molecule has 9 atom stereocenters. The van der Waals surface area contributed by atoms with Crippen LogP contribution in [0.5, 0.6) is 0 Å². The highest BCUT2D eigenvalue weighted by molar-refractivity contribution is 5.14. The predicted molar refractivity (Wildman–Crippen MR) is 91.0 cm³/mol. The van der Waals surface area contributed by atoms with Crippen molar-refractivity contribution < 1.29 is 9.84 Å². The first kappa shape index (κ1) is 15.2. The summed E-state index contributed by atoms with van der Waals surface area (Å²) in [5.41, 5.74) is 1.05. The fourth-order valence-corrected chi connectivity index (χ4v) is 8.12. The van der Waals surface area contributed by atoms with Crippen LogP contribution in [0.25, 0.3) is 0 Å². The molecule has 2 nitrogen and oxygen atoms in total. The summed E-state index contributed by atoms with van der Waals surface area (Å²) in [6.07, 6.45) is 10.5. The maximum absolute atomic E-state index is 10.6. The van der Waals surface area contributed by atoms with Gasteiger partial charge >= 0.3 is 0 Å². The summed E-state index contributed by atoms with van der Waals surface area (Å²) in [6, 6.07) is 0. The summed E-state index contributed by atoms with van der Waals surface area (Å²) in [6.45, 7) is 8.51. The van der Waals surface area contributed by atoms with E-state index in [0.717, 1.165) is 42.6 Å². The minimum Gasteiger partial charge on any atom is -0.393 e. The van der Waals surface area contributed by atoms with Crippen molar-refractivity contribution in [2.45, 2.75) is 83.8 Å². The lowest BCUT2D eigenvalue weighted by atomic mass is 9.43. The van der Waals surface area contributed by atoms with E-state index in [1.54, 1.807) is 0 Å². The Hall–Kier alpha value is -0.0800. The first-order chi connectivity index (χ1) is 10.9. The van der Waals surface area contributed by atoms with Crippen LogP contribution in [-0.2, 0) is 4.74 Å². The predicted octanol–water partition coefficient (Wildman–Crippen LogP) is 4.41. The van der Waals surface area contributed by atoms with E-state index < -0.39 is 0 Å². The maximum atomic E-state index is 10.6. The van der Waals surface area contributed by atoms with E-state index in [2.05, 4.69) is 20.8 Å².